The van der Waals surface area contributed by atoms with Crippen molar-refractivity contribution in [3.63, 3.8) is 0 Å². The van der Waals surface area contributed by atoms with Gasteiger partial charge in [-0.15, -0.1) is 0 Å². The summed E-state index contributed by atoms with van der Waals surface area (Å²) in [5.74, 6) is -1.26. The molecule has 142 valence electrons. The molecule has 8 heteroatoms. The van der Waals surface area contributed by atoms with Crippen molar-refractivity contribution in [3.05, 3.63) is 35.4 Å². The molecule has 0 atom stereocenters. The van der Waals surface area contributed by atoms with E-state index in [1.165, 1.54) is 6.07 Å². The summed E-state index contributed by atoms with van der Waals surface area (Å²) in [4.78, 5) is 24.8. The average Bonchev–Trinajstić information content (AvgIpc) is 3.40. The number of amides is 2. The van der Waals surface area contributed by atoms with E-state index >= 15 is 0 Å². The predicted octanol–water partition coefficient (Wildman–Crippen LogP) is 3.24. The predicted molar refractivity (Wildman–Crippen MR) is 87.7 cm³/mol. The highest BCUT2D eigenvalue weighted by atomic mass is 19.4. The van der Waals surface area contributed by atoms with Gasteiger partial charge in [-0.25, -0.2) is 4.79 Å². The Labute approximate surface area is 149 Å². The van der Waals surface area contributed by atoms with E-state index in [2.05, 4.69) is 5.32 Å². The molecular formula is C18H21F3N2O3. The quantitative estimate of drug-likeness (QED) is 0.855. The molecule has 1 aromatic carbocycles. The summed E-state index contributed by atoms with van der Waals surface area (Å²) in [6, 6.07) is 5.00. The Morgan fingerprint density at radius 2 is 1.88 bits per heavy atom. The molecule has 2 aliphatic rings. The zero-order valence-corrected chi connectivity index (χ0v) is 14.2. The van der Waals surface area contributed by atoms with E-state index in [-0.39, 0.29) is 12.6 Å². The molecule has 2 fully saturated rings. The Bertz CT molecular complexity index is 693. The number of carbonyl (C=O) groups is 2. The van der Waals surface area contributed by atoms with Crippen LogP contribution in [0.4, 0.5) is 18.0 Å². The van der Waals surface area contributed by atoms with Crippen molar-refractivity contribution >= 4 is 12.0 Å². The largest absolute Gasteiger partial charge is 0.481 e. The van der Waals surface area contributed by atoms with Crippen LogP contribution in [0.5, 0.6) is 0 Å². The fourth-order valence-corrected chi connectivity index (χ4v) is 3.43. The topological polar surface area (TPSA) is 69.6 Å². The first-order valence-electron chi connectivity index (χ1n) is 8.65. The number of alkyl halides is 3. The minimum Gasteiger partial charge on any atom is -0.481 e. The third-order valence-electron chi connectivity index (χ3n) is 5.37. The fourth-order valence-electron chi connectivity index (χ4n) is 3.43. The van der Waals surface area contributed by atoms with Crippen LogP contribution in [0.2, 0.25) is 0 Å². The van der Waals surface area contributed by atoms with E-state index in [0.29, 0.717) is 31.5 Å². The summed E-state index contributed by atoms with van der Waals surface area (Å²) in [5, 5.41) is 11.8. The number of carbonyl (C=O) groups excluding carboxylic acids is 1. The van der Waals surface area contributed by atoms with Gasteiger partial charge >= 0.3 is 18.2 Å². The standard InChI is InChI=1S/C18H21F3N2O3/c19-18(20,21)14-3-1-2-13(10-14)17(6-7-17)11-22-16(26)23-8-4-12(5-9-23)15(24)25/h1-3,10,12H,4-9,11H2,(H,22,26)(H,24,25). The van der Waals surface area contributed by atoms with Crippen molar-refractivity contribution in [2.75, 3.05) is 19.6 Å². The molecule has 2 N–H and O–H groups in total. The van der Waals surface area contributed by atoms with E-state index in [1.807, 2.05) is 0 Å². The molecule has 2 amide bonds. The lowest BCUT2D eigenvalue weighted by molar-refractivity contribution is -0.143. The summed E-state index contributed by atoms with van der Waals surface area (Å²) in [7, 11) is 0. The number of carboxylic acids is 1. The van der Waals surface area contributed by atoms with Crippen LogP contribution < -0.4 is 5.32 Å². The number of carboxylic acid groups (broad SMARTS) is 1. The monoisotopic (exact) mass is 370 g/mol. The lowest BCUT2D eigenvalue weighted by atomic mass is 9.94. The summed E-state index contributed by atoms with van der Waals surface area (Å²) in [5.41, 5.74) is -0.517. The number of likely N-dealkylation sites (tertiary alicyclic amines) is 1. The number of halogens is 3. The van der Waals surface area contributed by atoms with Crippen LogP contribution in [-0.2, 0) is 16.4 Å². The zero-order chi connectivity index (χ0) is 18.9. The number of urea groups is 1. The fraction of sp³-hybridized carbons (Fsp3) is 0.556. The number of piperidine rings is 1. The third-order valence-corrected chi connectivity index (χ3v) is 5.37. The van der Waals surface area contributed by atoms with Gasteiger partial charge in [0.25, 0.3) is 0 Å². The number of hydrogen-bond donors (Lipinski definition) is 2. The number of benzene rings is 1. The first kappa shape index (κ1) is 18.5. The van der Waals surface area contributed by atoms with Gasteiger partial charge in [0.15, 0.2) is 0 Å². The maximum atomic E-state index is 12.9. The Morgan fingerprint density at radius 3 is 2.42 bits per heavy atom. The van der Waals surface area contributed by atoms with Crippen LogP contribution in [0, 0.1) is 5.92 Å². The Morgan fingerprint density at radius 1 is 1.23 bits per heavy atom. The van der Waals surface area contributed by atoms with Gasteiger partial charge in [-0.1, -0.05) is 18.2 Å². The number of hydrogen-bond acceptors (Lipinski definition) is 2. The van der Waals surface area contributed by atoms with Gasteiger partial charge in [-0.2, -0.15) is 13.2 Å². The van der Waals surface area contributed by atoms with Gasteiger partial charge in [0.05, 0.1) is 11.5 Å². The minimum absolute atomic E-state index is 0.284. The highest BCUT2D eigenvalue weighted by Gasteiger charge is 2.45. The Hall–Kier alpha value is -2.25. The molecule has 1 aliphatic heterocycles. The lowest BCUT2D eigenvalue weighted by Gasteiger charge is -2.31. The molecule has 5 nitrogen and oxygen atoms in total. The molecule has 1 aromatic rings. The minimum atomic E-state index is -4.39. The Balaban J connectivity index is 1.58. The van der Waals surface area contributed by atoms with Crippen LogP contribution in [0.25, 0.3) is 0 Å². The molecular weight excluding hydrogens is 349 g/mol. The molecule has 1 aliphatic carbocycles. The van der Waals surface area contributed by atoms with Crippen LogP contribution in [0.15, 0.2) is 24.3 Å². The van der Waals surface area contributed by atoms with E-state index in [4.69, 9.17) is 5.11 Å². The first-order chi connectivity index (χ1) is 12.2. The van der Waals surface area contributed by atoms with Gasteiger partial charge in [-0.05, 0) is 37.3 Å². The van der Waals surface area contributed by atoms with E-state index in [9.17, 15) is 22.8 Å². The molecule has 1 saturated heterocycles. The molecule has 0 spiro atoms. The third kappa shape index (κ3) is 3.94. The first-order valence-corrected chi connectivity index (χ1v) is 8.65. The van der Waals surface area contributed by atoms with Gasteiger partial charge < -0.3 is 15.3 Å². The number of aliphatic carboxylic acids is 1. The highest BCUT2D eigenvalue weighted by Crippen LogP contribution is 2.48. The second-order valence-corrected chi connectivity index (χ2v) is 7.12. The molecule has 3 rings (SSSR count). The van der Waals surface area contributed by atoms with E-state index in [1.54, 1.807) is 11.0 Å². The van der Waals surface area contributed by atoms with Crippen molar-refractivity contribution in [3.8, 4) is 0 Å². The van der Waals surface area contributed by atoms with Gasteiger partial charge in [0.2, 0.25) is 0 Å². The summed E-state index contributed by atoms with van der Waals surface area (Å²) >= 11 is 0. The van der Waals surface area contributed by atoms with Crippen molar-refractivity contribution < 1.29 is 27.9 Å². The van der Waals surface area contributed by atoms with E-state index < -0.39 is 29.0 Å². The van der Waals surface area contributed by atoms with Crippen molar-refractivity contribution in [1.82, 2.24) is 10.2 Å². The van der Waals surface area contributed by atoms with Crippen LogP contribution >= 0.6 is 0 Å². The van der Waals surface area contributed by atoms with Gasteiger partial charge in [0.1, 0.15) is 0 Å². The maximum absolute atomic E-state index is 12.9. The van der Waals surface area contributed by atoms with E-state index in [0.717, 1.165) is 25.0 Å². The maximum Gasteiger partial charge on any atom is 0.416 e. The summed E-state index contributed by atoms with van der Waals surface area (Å²) in [6.45, 7) is 1.03. The molecule has 0 unspecified atom stereocenters. The number of nitrogens with one attached hydrogen (secondary N) is 1. The van der Waals surface area contributed by atoms with Crippen LogP contribution in [0.3, 0.4) is 0 Å². The molecule has 0 radical (unpaired) electrons. The molecule has 1 heterocycles. The summed E-state index contributed by atoms with van der Waals surface area (Å²) in [6.07, 6.45) is -2.09. The average molecular weight is 370 g/mol. The van der Waals surface area contributed by atoms with Crippen LogP contribution in [-0.4, -0.2) is 41.6 Å². The number of rotatable bonds is 4. The van der Waals surface area contributed by atoms with Crippen molar-refractivity contribution in [1.29, 1.82) is 0 Å². The Kier molecular flexibility index (Phi) is 4.86. The second-order valence-electron chi connectivity index (χ2n) is 7.12. The normalized spacial score (nSPS) is 19.9. The van der Waals surface area contributed by atoms with Crippen LogP contribution in [0.1, 0.15) is 36.8 Å². The highest BCUT2D eigenvalue weighted by molar-refractivity contribution is 5.75. The molecule has 0 aromatic heterocycles. The molecule has 0 bridgehead atoms. The second kappa shape index (κ2) is 6.81. The van der Waals surface area contributed by atoms with Crippen molar-refractivity contribution in [2.24, 2.45) is 5.92 Å². The smallest absolute Gasteiger partial charge is 0.416 e. The number of nitrogens with zero attached hydrogens (tertiary/aromatic N) is 1. The molecule has 26 heavy (non-hydrogen) atoms. The summed E-state index contributed by atoms with van der Waals surface area (Å²) < 4.78 is 38.7. The van der Waals surface area contributed by atoms with Gasteiger partial charge in [0, 0.05) is 25.0 Å². The van der Waals surface area contributed by atoms with Crippen molar-refractivity contribution in [2.45, 2.75) is 37.3 Å². The SMILES string of the molecule is O=C(O)C1CCN(C(=O)NCC2(c3cccc(C(F)(F)F)c3)CC2)CC1. The zero-order valence-electron chi connectivity index (χ0n) is 14.2. The molecule has 1 saturated carbocycles. The van der Waals surface area contributed by atoms with Gasteiger partial charge in [-0.3, -0.25) is 4.79 Å². The lowest BCUT2D eigenvalue weighted by Crippen LogP contribution is -2.47.